The van der Waals surface area contributed by atoms with Gasteiger partial charge in [0, 0.05) is 37.0 Å². The summed E-state index contributed by atoms with van der Waals surface area (Å²) in [6, 6.07) is 11.4. The lowest BCUT2D eigenvalue weighted by Crippen LogP contribution is -2.42. The summed E-state index contributed by atoms with van der Waals surface area (Å²) in [5.74, 6) is -0.163. The molecule has 0 aliphatic carbocycles. The molecule has 2 unspecified atom stereocenters. The number of hydrogen-bond acceptors (Lipinski definition) is 5. The topological polar surface area (TPSA) is 77.5 Å². The number of aromatic nitrogens is 1. The number of aliphatic hydroxyl groups excluding tert-OH is 1. The fraction of sp³-hybridized carbons (Fsp3) is 0.455. The molecule has 2 saturated heterocycles. The van der Waals surface area contributed by atoms with E-state index < -0.39 is 6.10 Å². The van der Waals surface area contributed by atoms with Gasteiger partial charge in [-0.3, -0.25) is 14.7 Å². The second-order valence-corrected chi connectivity index (χ2v) is 7.77. The summed E-state index contributed by atoms with van der Waals surface area (Å²) in [4.78, 5) is 19.5. The number of β-amino-alcohol motifs (C(OH)–C–C–N with tert-alkyl or cyclic N) is 1. The van der Waals surface area contributed by atoms with Crippen molar-refractivity contribution in [1.29, 1.82) is 0 Å². The molecular weight excluding hydrogens is 352 g/mol. The molecule has 2 fully saturated rings. The number of carbonyl (C=O) groups excluding carboxylic acids is 1. The molecule has 0 bridgehead atoms. The van der Waals surface area contributed by atoms with Crippen LogP contribution in [0, 0.1) is 0 Å². The van der Waals surface area contributed by atoms with E-state index in [2.05, 4.69) is 32.7 Å². The first-order chi connectivity index (χ1) is 13.7. The van der Waals surface area contributed by atoms with E-state index in [1.54, 1.807) is 0 Å². The number of nitrogens with zero attached hydrogens (tertiary/aromatic N) is 2. The largest absolute Gasteiger partial charge is 0.390 e. The third kappa shape index (κ3) is 4.58. The number of piperidine rings is 1. The predicted octanol–water partition coefficient (Wildman–Crippen LogP) is 1.80. The zero-order valence-electron chi connectivity index (χ0n) is 16.1. The lowest BCUT2D eigenvalue weighted by Gasteiger charge is -2.26. The van der Waals surface area contributed by atoms with Crippen LogP contribution in [0.4, 0.5) is 0 Å². The van der Waals surface area contributed by atoms with Crippen molar-refractivity contribution in [2.45, 2.75) is 38.0 Å². The summed E-state index contributed by atoms with van der Waals surface area (Å²) in [6.07, 6.45) is 5.36. The highest BCUT2D eigenvalue weighted by Crippen LogP contribution is 2.19. The Kier molecular flexibility index (Phi) is 6.00. The van der Waals surface area contributed by atoms with E-state index >= 15 is 0 Å². The van der Waals surface area contributed by atoms with Gasteiger partial charge in [-0.15, -0.1) is 0 Å². The maximum Gasteiger partial charge on any atom is 0.251 e. The van der Waals surface area contributed by atoms with Crippen molar-refractivity contribution in [3.05, 3.63) is 53.7 Å². The van der Waals surface area contributed by atoms with E-state index in [9.17, 15) is 9.90 Å². The molecule has 1 amide bonds. The molecule has 1 aromatic carbocycles. The summed E-state index contributed by atoms with van der Waals surface area (Å²) in [5.41, 5.74) is 3.73. The van der Waals surface area contributed by atoms with Crippen LogP contribution in [0.25, 0.3) is 11.3 Å². The van der Waals surface area contributed by atoms with Crippen LogP contribution in [0.2, 0.25) is 0 Å². The van der Waals surface area contributed by atoms with Crippen molar-refractivity contribution >= 4 is 5.91 Å². The van der Waals surface area contributed by atoms with Crippen LogP contribution < -0.4 is 10.6 Å². The van der Waals surface area contributed by atoms with Crippen molar-refractivity contribution in [3.8, 4) is 11.3 Å². The first-order valence-corrected chi connectivity index (χ1v) is 10.2. The van der Waals surface area contributed by atoms with Crippen molar-refractivity contribution in [2.24, 2.45) is 0 Å². The normalized spacial score (nSPS) is 22.9. The molecule has 1 aromatic heterocycles. The Labute approximate surface area is 166 Å². The molecule has 148 valence electrons. The molecule has 2 aromatic rings. The van der Waals surface area contributed by atoms with Crippen LogP contribution in [0.5, 0.6) is 0 Å². The van der Waals surface area contributed by atoms with Gasteiger partial charge in [-0.25, -0.2) is 0 Å². The van der Waals surface area contributed by atoms with Crippen LogP contribution in [0.1, 0.15) is 35.2 Å². The average Bonchev–Trinajstić information content (AvgIpc) is 3.14. The average molecular weight is 380 g/mol. The number of rotatable bonds is 5. The Morgan fingerprint density at radius 3 is 2.54 bits per heavy atom. The fourth-order valence-corrected chi connectivity index (χ4v) is 3.92. The van der Waals surface area contributed by atoms with Gasteiger partial charge in [0.25, 0.3) is 5.91 Å². The number of benzene rings is 1. The van der Waals surface area contributed by atoms with Gasteiger partial charge in [-0.1, -0.05) is 24.6 Å². The molecule has 3 N–H and O–H groups in total. The third-order valence-electron chi connectivity index (χ3n) is 5.62. The lowest BCUT2D eigenvalue weighted by atomic mass is 10.1. The minimum absolute atomic E-state index is 0.163. The molecule has 0 spiro atoms. The molecule has 4 rings (SSSR count). The van der Waals surface area contributed by atoms with E-state index in [0.29, 0.717) is 18.7 Å². The molecule has 0 saturated carbocycles. The van der Waals surface area contributed by atoms with Gasteiger partial charge in [0.05, 0.1) is 17.8 Å². The Balaban J connectivity index is 1.37. The zero-order chi connectivity index (χ0) is 19.3. The molecule has 3 heterocycles. The first kappa shape index (κ1) is 19.1. The van der Waals surface area contributed by atoms with E-state index in [0.717, 1.165) is 17.8 Å². The first-order valence-electron chi connectivity index (χ1n) is 10.2. The Morgan fingerprint density at radius 1 is 1.11 bits per heavy atom. The third-order valence-corrected chi connectivity index (χ3v) is 5.62. The highest BCUT2D eigenvalue weighted by atomic mass is 16.3. The van der Waals surface area contributed by atoms with Gasteiger partial charge in [-0.05, 0) is 49.7 Å². The predicted molar refractivity (Wildman–Crippen MR) is 109 cm³/mol. The quantitative estimate of drug-likeness (QED) is 0.737. The van der Waals surface area contributed by atoms with Gasteiger partial charge in [0.15, 0.2) is 0 Å². The molecular formula is C22H28N4O2. The standard InChI is InChI=1S/C22H28N4O2/c27-21-14-23-13-20(21)25-22(28)18-7-5-17(6-8-18)19-9-4-16(12-24-19)15-26-10-2-1-3-11-26/h4-9,12,20-21,23,27H,1-3,10-11,13-15H2,(H,25,28). The molecule has 0 radical (unpaired) electrons. The van der Waals surface area contributed by atoms with E-state index in [-0.39, 0.29) is 11.9 Å². The second kappa shape index (κ2) is 8.82. The number of aliphatic hydroxyl groups is 1. The molecule has 6 heteroatoms. The van der Waals surface area contributed by atoms with Crippen LogP contribution >= 0.6 is 0 Å². The molecule has 6 nitrogen and oxygen atoms in total. The van der Waals surface area contributed by atoms with Gasteiger partial charge in [0.1, 0.15) is 0 Å². The van der Waals surface area contributed by atoms with Crippen LogP contribution in [0.15, 0.2) is 42.6 Å². The van der Waals surface area contributed by atoms with Crippen LogP contribution in [-0.4, -0.2) is 59.2 Å². The zero-order valence-corrected chi connectivity index (χ0v) is 16.1. The smallest absolute Gasteiger partial charge is 0.251 e. The molecule has 2 atom stereocenters. The summed E-state index contributed by atoms with van der Waals surface area (Å²) in [6.45, 7) is 4.44. The summed E-state index contributed by atoms with van der Waals surface area (Å²) < 4.78 is 0. The van der Waals surface area contributed by atoms with Crippen molar-refractivity contribution in [3.63, 3.8) is 0 Å². The summed E-state index contributed by atoms with van der Waals surface area (Å²) in [7, 11) is 0. The lowest BCUT2D eigenvalue weighted by molar-refractivity contribution is 0.0888. The summed E-state index contributed by atoms with van der Waals surface area (Å²) >= 11 is 0. The summed E-state index contributed by atoms with van der Waals surface area (Å²) in [5, 5.41) is 15.8. The number of carbonyl (C=O) groups is 1. The highest BCUT2D eigenvalue weighted by Gasteiger charge is 2.26. The monoisotopic (exact) mass is 380 g/mol. The number of pyridine rings is 1. The number of likely N-dealkylation sites (tertiary alicyclic amines) is 1. The second-order valence-electron chi connectivity index (χ2n) is 7.77. The minimum atomic E-state index is -0.532. The Bertz CT molecular complexity index is 785. The highest BCUT2D eigenvalue weighted by molar-refractivity contribution is 5.94. The maximum atomic E-state index is 12.4. The Hall–Kier alpha value is -2.28. The molecule has 28 heavy (non-hydrogen) atoms. The van der Waals surface area contributed by atoms with Crippen molar-refractivity contribution < 1.29 is 9.90 Å². The van der Waals surface area contributed by atoms with Crippen molar-refractivity contribution in [2.75, 3.05) is 26.2 Å². The van der Waals surface area contributed by atoms with Gasteiger partial charge < -0.3 is 15.7 Å². The minimum Gasteiger partial charge on any atom is -0.390 e. The Morgan fingerprint density at radius 2 is 1.89 bits per heavy atom. The van der Waals surface area contributed by atoms with Crippen LogP contribution in [0.3, 0.4) is 0 Å². The van der Waals surface area contributed by atoms with Crippen LogP contribution in [-0.2, 0) is 6.54 Å². The number of amides is 1. The number of nitrogens with one attached hydrogen (secondary N) is 2. The number of hydrogen-bond donors (Lipinski definition) is 3. The SMILES string of the molecule is O=C(NC1CNCC1O)c1ccc(-c2ccc(CN3CCCCC3)cn2)cc1. The van der Waals surface area contributed by atoms with Gasteiger partial charge in [-0.2, -0.15) is 0 Å². The maximum absolute atomic E-state index is 12.4. The fourth-order valence-electron chi connectivity index (χ4n) is 3.92. The van der Waals surface area contributed by atoms with E-state index in [1.165, 1.54) is 37.9 Å². The van der Waals surface area contributed by atoms with E-state index in [4.69, 9.17) is 0 Å². The molecule has 2 aliphatic heterocycles. The van der Waals surface area contributed by atoms with Crippen molar-refractivity contribution in [1.82, 2.24) is 20.5 Å². The molecule has 2 aliphatic rings. The van der Waals surface area contributed by atoms with Gasteiger partial charge >= 0.3 is 0 Å². The van der Waals surface area contributed by atoms with E-state index in [1.807, 2.05) is 30.5 Å². The van der Waals surface area contributed by atoms with Gasteiger partial charge in [0.2, 0.25) is 0 Å².